The molecule has 0 atom stereocenters. The Bertz CT molecular complexity index is 1460. The van der Waals surface area contributed by atoms with Gasteiger partial charge in [-0.15, -0.1) is 10.2 Å². The van der Waals surface area contributed by atoms with Crippen LogP contribution in [-0.2, 0) is 13.1 Å². The maximum atomic E-state index is 13.0. The van der Waals surface area contributed by atoms with Crippen molar-refractivity contribution < 1.29 is 14.6 Å². The van der Waals surface area contributed by atoms with Crippen molar-refractivity contribution in [3.63, 3.8) is 0 Å². The zero-order chi connectivity index (χ0) is 24.9. The molecule has 0 saturated heterocycles. The molecule has 0 aliphatic carbocycles. The highest BCUT2D eigenvalue weighted by Crippen LogP contribution is 2.23. The zero-order valence-electron chi connectivity index (χ0n) is 18.5. The molecule has 0 bridgehead atoms. The number of benzene rings is 2. The number of halogens is 1. The van der Waals surface area contributed by atoms with E-state index in [2.05, 4.69) is 15.5 Å². The highest BCUT2D eigenvalue weighted by molar-refractivity contribution is 6.30. The Morgan fingerprint density at radius 1 is 1.00 bits per heavy atom. The van der Waals surface area contributed by atoms with Crippen LogP contribution in [0.15, 0.2) is 76.3 Å². The van der Waals surface area contributed by atoms with E-state index in [-0.39, 0.29) is 24.7 Å². The maximum absolute atomic E-state index is 13.0. The lowest BCUT2D eigenvalue weighted by molar-refractivity contribution is 0.0689. The molecule has 4 aromatic rings. The standard InChI is InChI=1S/C24H20ClN5O5/c1-2-29-22(31)13-20(30(24(29)34)14-15-3-5-16(25)6-4-15)26-17-7-9-18(10-8-17)35-21-12-11-19(23(32)33)27-28-21/h3-13,26H,2,14H2,1H3,(H,32,33). The Morgan fingerprint density at radius 3 is 2.31 bits per heavy atom. The molecule has 0 fully saturated rings. The molecular weight excluding hydrogens is 474 g/mol. The first-order chi connectivity index (χ1) is 16.8. The summed E-state index contributed by atoms with van der Waals surface area (Å²) >= 11 is 5.97. The van der Waals surface area contributed by atoms with Gasteiger partial charge < -0.3 is 15.2 Å². The third kappa shape index (κ3) is 5.56. The summed E-state index contributed by atoms with van der Waals surface area (Å²) in [6.45, 7) is 2.23. The van der Waals surface area contributed by atoms with Crippen molar-refractivity contribution >= 4 is 29.1 Å². The SMILES string of the molecule is CCn1c(=O)cc(Nc2ccc(Oc3ccc(C(=O)O)nn3)cc2)n(Cc2ccc(Cl)cc2)c1=O. The van der Waals surface area contributed by atoms with Crippen LogP contribution in [0.3, 0.4) is 0 Å². The largest absolute Gasteiger partial charge is 0.476 e. The van der Waals surface area contributed by atoms with E-state index in [9.17, 15) is 14.4 Å². The van der Waals surface area contributed by atoms with E-state index in [1.165, 1.54) is 22.8 Å². The van der Waals surface area contributed by atoms with Crippen molar-refractivity contribution in [3.05, 3.63) is 104 Å². The molecule has 0 radical (unpaired) electrons. The summed E-state index contributed by atoms with van der Waals surface area (Å²) in [4.78, 5) is 36.4. The number of nitrogens with zero attached hydrogens (tertiary/aromatic N) is 4. The molecule has 2 N–H and O–H groups in total. The number of rotatable bonds is 8. The lowest BCUT2D eigenvalue weighted by atomic mass is 10.2. The van der Waals surface area contributed by atoms with Crippen LogP contribution in [0.1, 0.15) is 23.0 Å². The second kappa shape index (κ2) is 10.2. The summed E-state index contributed by atoms with van der Waals surface area (Å²) < 4.78 is 8.23. The highest BCUT2D eigenvalue weighted by atomic mass is 35.5. The second-order valence-electron chi connectivity index (χ2n) is 7.42. The summed E-state index contributed by atoms with van der Waals surface area (Å²) in [5.74, 6) is -0.271. The summed E-state index contributed by atoms with van der Waals surface area (Å²) in [6.07, 6.45) is 0. The quantitative estimate of drug-likeness (QED) is 0.379. The van der Waals surface area contributed by atoms with Gasteiger partial charge in [0, 0.05) is 29.4 Å². The molecule has 2 aromatic heterocycles. The summed E-state index contributed by atoms with van der Waals surface area (Å²) in [7, 11) is 0. The summed E-state index contributed by atoms with van der Waals surface area (Å²) in [5.41, 5.74) is 0.435. The molecule has 0 saturated carbocycles. The number of carboxylic acids is 1. The van der Waals surface area contributed by atoms with Gasteiger partial charge in [0.05, 0.1) is 6.54 Å². The van der Waals surface area contributed by atoms with E-state index >= 15 is 0 Å². The normalized spacial score (nSPS) is 10.7. The Balaban J connectivity index is 1.58. The van der Waals surface area contributed by atoms with Crippen LogP contribution in [0.25, 0.3) is 0 Å². The van der Waals surface area contributed by atoms with Crippen molar-refractivity contribution in [2.45, 2.75) is 20.0 Å². The number of nitrogens with one attached hydrogen (secondary N) is 1. The van der Waals surface area contributed by atoms with Crippen molar-refractivity contribution in [1.82, 2.24) is 19.3 Å². The van der Waals surface area contributed by atoms with Gasteiger partial charge in [0.25, 0.3) is 5.56 Å². The fourth-order valence-electron chi connectivity index (χ4n) is 3.30. The lowest BCUT2D eigenvalue weighted by Gasteiger charge is -2.16. The van der Waals surface area contributed by atoms with E-state index in [1.807, 2.05) is 12.1 Å². The average Bonchev–Trinajstić information content (AvgIpc) is 2.84. The first-order valence-electron chi connectivity index (χ1n) is 10.5. The van der Waals surface area contributed by atoms with Crippen LogP contribution in [0, 0.1) is 0 Å². The zero-order valence-corrected chi connectivity index (χ0v) is 19.3. The van der Waals surface area contributed by atoms with Crippen LogP contribution in [-0.4, -0.2) is 30.4 Å². The predicted molar refractivity (Wildman–Crippen MR) is 130 cm³/mol. The maximum Gasteiger partial charge on any atom is 0.356 e. The Kier molecular flexibility index (Phi) is 6.93. The van der Waals surface area contributed by atoms with Crippen molar-refractivity contribution in [2.24, 2.45) is 0 Å². The number of aromatic nitrogens is 4. The van der Waals surface area contributed by atoms with Gasteiger partial charge in [-0.2, -0.15) is 0 Å². The molecule has 11 heteroatoms. The highest BCUT2D eigenvalue weighted by Gasteiger charge is 2.12. The molecule has 10 nitrogen and oxygen atoms in total. The smallest absolute Gasteiger partial charge is 0.356 e. The topological polar surface area (TPSA) is 128 Å². The number of anilines is 2. The van der Waals surface area contributed by atoms with Crippen molar-refractivity contribution in [3.8, 4) is 11.6 Å². The van der Waals surface area contributed by atoms with Crippen LogP contribution in [0.5, 0.6) is 11.6 Å². The minimum absolute atomic E-state index is 0.135. The third-order valence-corrected chi connectivity index (χ3v) is 5.31. The molecule has 0 aliphatic rings. The van der Waals surface area contributed by atoms with Crippen LogP contribution >= 0.6 is 11.6 Å². The minimum atomic E-state index is -1.18. The molecule has 4 rings (SSSR count). The van der Waals surface area contributed by atoms with Crippen LogP contribution in [0.4, 0.5) is 11.5 Å². The van der Waals surface area contributed by atoms with Gasteiger partial charge in [0.15, 0.2) is 5.69 Å². The number of hydrogen-bond acceptors (Lipinski definition) is 7. The number of hydrogen-bond donors (Lipinski definition) is 2. The number of aromatic carboxylic acids is 1. The number of ether oxygens (including phenoxy) is 1. The lowest BCUT2D eigenvalue weighted by Crippen LogP contribution is -2.40. The minimum Gasteiger partial charge on any atom is -0.476 e. The van der Waals surface area contributed by atoms with Gasteiger partial charge in [-0.3, -0.25) is 13.9 Å². The average molecular weight is 494 g/mol. The van der Waals surface area contributed by atoms with E-state index in [0.717, 1.165) is 10.1 Å². The molecule has 35 heavy (non-hydrogen) atoms. The first-order valence-corrected chi connectivity index (χ1v) is 10.9. The van der Waals surface area contributed by atoms with Crippen molar-refractivity contribution in [2.75, 3.05) is 5.32 Å². The Labute approximate surface area is 204 Å². The molecule has 0 amide bonds. The Hall–Kier alpha value is -4.44. The fourth-order valence-corrected chi connectivity index (χ4v) is 3.43. The molecule has 2 aromatic carbocycles. The first kappa shape index (κ1) is 23.7. The van der Waals surface area contributed by atoms with E-state index in [4.69, 9.17) is 21.4 Å². The fraction of sp³-hybridized carbons (Fsp3) is 0.125. The van der Waals surface area contributed by atoms with Crippen molar-refractivity contribution in [1.29, 1.82) is 0 Å². The van der Waals surface area contributed by atoms with Gasteiger partial charge in [-0.05, 0) is 55.0 Å². The third-order valence-electron chi connectivity index (χ3n) is 5.06. The number of carboxylic acid groups (broad SMARTS) is 1. The van der Waals surface area contributed by atoms with Crippen LogP contribution < -0.4 is 21.3 Å². The molecule has 0 unspecified atom stereocenters. The summed E-state index contributed by atoms with van der Waals surface area (Å²) in [5, 5.41) is 19.9. The number of carbonyl (C=O) groups is 1. The van der Waals surface area contributed by atoms with E-state index < -0.39 is 17.2 Å². The monoisotopic (exact) mass is 493 g/mol. The van der Waals surface area contributed by atoms with E-state index in [0.29, 0.717) is 22.3 Å². The second-order valence-corrected chi connectivity index (χ2v) is 7.86. The van der Waals surface area contributed by atoms with Gasteiger partial charge >= 0.3 is 11.7 Å². The van der Waals surface area contributed by atoms with Gasteiger partial charge in [-0.1, -0.05) is 23.7 Å². The molecule has 0 spiro atoms. The molecule has 2 heterocycles. The van der Waals surface area contributed by atoms with E-state index in [1.54, 1.807) is 43.3 Å². The van der Waals surface area contributed by atoms with Crippen LogP contribution in [0.2, 0.25) is 5.02 Å². The Morgan fingerprint density at radius 2 is 1.71 bits per heavy atom. The summed E-state index contributed by atoms with van der Waals surface area (Å²) in [6, 6.07) is 17.9. The predicted octanol–water partition coefficient (Wildman–Crippen LogP) is 3.76. The van der Waals surface area contributed by atoms with Gasteiger partial charge in [-0.25, -0.2) is 9.59 Å². The molecular formula is C24H20ClN5O5. The molecule has 178 valence electrons. The van der Waals surface area contributed by atoms with Gasteiger partial charge in [0.1, 0.15) is 11.6 Å². The van der Waals surface area contributed by atoms with Gasteiger partial charge in [0.2, 0.25) is 5.88 Å². The molecule has 0 aliphatic heterocycles.